The van der Waals surface area contributed by atoms with Crippen LogP contribution in [-0.2, 0) is 0 Å². The Kier molecular flexibility index (Phi) is 3.94. The molecule has 110 valence electrons. The molecule has 2 aromatic rings. The van der Waals surface area contributed by atoms with Crippen molar-refractivity contribution < 1.29 is 4.79 Å². The van der Waals surface area contributed by atoms with Crippen LogP contribution in [0, 0.1) is 0 Å². The van der Waals surface area contributed by atoms with Gasteiger partial charge in [-0.2, -0.15) is 0 Å². The van der Waals surface area contributed by atoms with Gasteiger partial charge in [0.2, 0.25) is 10.1 Å². The highest BCUT2D eigenvalue weighted by Gasteiger charge is 2.25. The molecule has 21 heavy (non-hydrogen) atoms. The van der Waals surface area contributed by atoms with Gasteiger partial charge in [-0.3, -0.25) is 4.79 Å². The Bertz CT molecular complexity index is 654. The number of hydrogen-bond donors (Lipinski definition) is 1. The zero-order chi connectivity index (χ0) is 14.8. The van der Waals surface area contributed by atoms with Crippen molar-refractivity contribution in [2.75, 3.05) is 36.8 Å². The predicted molar refractivity (Wildman–Crippen MR) is 83.9 cm³/mol. The van der Waals surface area contributed by atoms with Crippen LogP contribution in [0.1, 0.15) is 9.80 Å². The lowest BCUT2D eigenvalue weighted by Gasteiger charge is -2.36. The maximum absolute atomic E-state index is 12.3. The molecule has 1 aliphatic rings. The Labute approximate surface area is 131 Å². The molecule has 0 bridgehead atoms. The number of anilines is 2. The van der Waals surface area contributed by atoms with Crippen LogP contribution >= 0.6 is 22.9 Å². The first kappa shape index (κ1) is 14.1. The number of carbonyl (C=O) groups is 1. The number of halogens is 1. The number of nitrogens with two attached hydrogens (primary N) is 1. The van der Waals surface area contributed by atoms with Crippen molar-refractivity contribution in [3.63, 3.8) is 0 Å². The number of carbonyl (C=O) groups excluding carboxylic acids is 1. The van der Waals surface area contributed by atoms with Crippen LogP contribution < -0.4 is 10.6 Å². The van der Waals surface area contributed by atoms with Crippen LogP contribution in [0.15, 0.2) is 24.3 Å². The van der Waals surface area contributed by atoms with Gasteiger partial charge in [0.05, 0.1) is 10.7 Å². The highest BCUT2D eigenvalue weighted by atomic mass is 35.5. The summed E-state index contributed by atoms with van der Waals surface area (Å²) in [5.41, 5.74) is 6.52. The molecule has 1 aromatic heterocycles. The second-order valence-corrected chi connectivity index (χ2v) is 6.09. The second kappa shape index (κ2) is 5.87. The first-order chi connectivity index (χ1) is 10.1. The van der Waals surface area contributed by atoms with Gasteiger partial charge in [0.25, 0.3) is 5.91 Å². The number of hydrogen-bond acceptors (Lipinski definition) is 6. The fourth-order valence-electron chi connectivity index (χ4n) is 2.31. The summed E-state index contributed by atoms with van der Waals surface area (Å²) < 4.78 is 0. The molecule has 8 heteroatoms. The highest BCUT2D eigenvalue weighted by molar-refractivity contribution is 7.16. The van der Waals surface area contributed by atoms with E-state index in [0.717, 1.165) is 35.1 Å². The maximum Gasteiger partial charge on any atom is 0.285 e. The summed E-state index contributed by atoms with van der Waals surface area (Å²) in [5, 5.41) is 8.87. The molecule has 1 aromatic carbocycles. The van der Waals surface area contributed by atoms with Crippen molar-refractivity contribution in [3.8, 4) is 0 Å². The van der Waals surface area contributed by atoms with E-state index in [-0.39, 0.29) is 5.91 Å². The number of para-hydroxylation sites is 1. The normalized spacial score (nSPS) is 15.3. The van der Waals surface area contributed by atoms with Gasteiger partial charge in [-0.05, 0) is 12.1 Å². The monoisotopic (exact) mass is 323 g/mol. The summed E-state index contributed by atoms with van der Waals surface area (Å²) in [6, 6.07) is 7.73. The fourth-order valence-corrected chi connectivity index (χ4v) is 3.15. The van der Waals surface area contributed by atoms with Crippen molar-refractivity contribution in [3.05, 3.63) is 34.3 Å². The topological polar surface area (TPSA) is 75.3 Å². The Hall–Kier alpha value is -1.86. The van der Waals surface area contributed by atoms with E-state index in [2.05, 4.69) is 15.1 Å². The first-order valence-corrected chi connectivity index (χ1v) is 7.72. The van der Waals surface area contributed by atoms with Gasteiger partial charge in [-0.25, -0.2) is 0 Å². The molecule has 1 fully saturated rings. The summed E-state index contributed by atoms with van der Waals surface area (Å²) in [6.07, 6.45) is 0. The van der Waals surface area contributed by atoms with Gasteiger partial charge in [-0.1, -0.05) is 35.1 Å². The van der Waals surface area contributed by atoms with E-state index in [4.69, 9.17) is 17.3 Å². The lowest BCUT2D eigenvalue weighted by atomic mass is 10.2. The predicted octanol–water partition coefficient (Wildman–Crippen LogP) is 1.74. The molecule has 0 saturated carbocycles. The van der Waals surface area contributed by atoms with Crippen molar-refractivity contribution in [1.82, 2.24) is 15.1 Å². The van der Waals surface area contributed by atoms with Gasteiger partial charge in [0, 0.05) is 26.2 Å². The quantitative estimate of drug-likeness (QED) is 0.911. The molecule has 1 aliphatic heterocycles. The molecule has 0 radical (unpaired) electrons. The molecular formula is C13H14ClN5OS. The summed E-state index contributed by atoms with van der Waals surface area (Å²) in [7, 11) is 0. The van der Waals surface area contributed by atoms with E-state index in [9.17, 15) is 4.79 Å². The van der Waals surface area contributed by atoms with E-state index >= 15 is 0 Å². The van der Waals surface area contributed by atoms with Crippen LogP contribution in [-0.4, -0.2) is 47.2 Å². The van der Waals surface area contributed by atoms with Crippen LogP contribution in [0.3, 0.4) is 0 Å². The number of rotatable bonds is 2. The number of benzene rings is 1. The first-order valence-electron chi connectivity index (χ1n) is 6.53. The SMILES string of the molecule is Nc1nnc(C(=O)N2CCN(c3ccccc3Cl)CC2)s1. The van der Waals surface area contributed by atoms with Crippen LogP contribution in [0.4, 0.5) is 10.8 Å². The molecule has 0 unspecified atom stereocenters. The number of aromatic nitrogens is 2. The fraction of sp³-hybridized carbons (Fsp3) is 0.308. The van der Waals surface area contributed by atoms with Gasteiger partial charge < -0.3 is 15.5 Å². The Morgan fingerprint density at radius 1 is 1.19 bits per heavy atom. The average Bonchev–Trinajstić information content (AvgIpc) is 2.94. The molecule has 3 rings (SSSR count). The smallest absolute Gasteiger partial charge is 0.285 e. The van der Waals surface area contributed by atoms with Crippen molar-refractivity contribution >= 4 is 39.7 Å². The minimum atomic E-state index is -0.108. The van der Waals surface area contributed by atoms with Crippen LogP contribution in [0.5, 0.6) is 0 Å². The number of nitrogens with zero attached hydrogens (tertiary/aromatic N) is 4. The molecular weight excluding hydrogens is 310 g/mol. The lowest BCUT2D eigenvalue weighted by Crippen LogP contribution is -2.48. The molecule has 1 saturated heterocycles. The van der Waals surface area contributed by atoms with Crippen LogP contribution in [0.2, 0.25) is 5.02 Å². The molecule has 2 N–H and O–H groups in total. The Morgan fingerprint density at radius 3 is 2.52 bits per heavy atom. The number of nitrogen functional groups attached to an aromatic ring is 1. The standard InChI is InChI=1S/C13H14ClN5OS/c14-9-3-1-2-4-10(9)18-5-7-19(8-6-18)12(20)11-16-17-13(15)21-11/h1-4H,5-8H2,(H2,15,17). The molecule has 1 amide bonds. The second-order valence-electron chi connectivity index (χ2n) is 4.68. The minimum Gasteiger partial charge on any atom is -0.374 e. The summed E-state index contributed by atoms with van der Waals surface area (Å²) in [4.78, 5) is 16.2. The lowest BCUT2D eigenvalue weighted by molar-refractivity contribution is 0.0745. The summed E-state index contributed by atoms with van der Waals surface area (Å²) in [5.74, 6) is -0.108. The summed E-state index contributed by atoms with van der Waals surface area (Å²) in [6.45, 7) is 2.74. The van der Waals surface area contributed by atoms with E-state index in [1.165, 1.54) is 0 Å². The Balaban J connectivity index is 1.65. The molecule has 2 heterocycles. The molecule has 0 aliphatic carbocycles. The van der Waals surface area contributed by atoms with Gasteiger partial charge in [0.1, 0.15) is 0 Å². The number of amides is 1. The van der Waals surface area contributed by atoms with E-state index in [1.54, 1.807) is 4.90 Å². The third-order valence-corrected chi connectivity index (χ3v) is 4.44. The number of piperazine rings is 1. The van der Waals surface area contributed by atoms with Gasteiger partial charge >= 0.3 is 0 Å². The van der Waals surface area contributed by atoms with E-state index < -0.39 is 0 Å². The summed E-state index contributed by atoms with van der Waals surface area (Å²) >= 11 is 7.32. The zero-order valence-corrected chi connectivity index (χ0v) is 12.8. The minimum absolute atomic E-state index is 0.108. The molecule has 6 nitrogen and oxygen atoms in total. The van der Waals surface area contributed by atoms with Crippen molar-refractivity contribution in [2.45, 2.75) is 0 Å². The molecule has 0 atom stereocenters. The highest BCUT2D eigenvalue weighted by Crippen LogP contribution is 2.26. The molecule has 0 spiro atoms. The van der Waals surface area contributed by atoms with Gasteiger partial charge in [-0.15, -0.1) is 10.2 Å². The van der Waals surface area contributed by atoms with Crippen molar-refractivity contribution in [1.29, 1.82) is 0 Å². The van der Waals surface area contributed by atoms with E-state index in [1.807, 2.05) is 24.3 Å². The third kappa shape index (κ3) is 2.93. The van der Waals surface area contributed by atoms with E-state index in [0.29, 0.717) is 23.2 Å². The zero-order valence-electron chi connectivity index (χ0n) is 11.2. The third-order valence-electron chi connectivity index (χ3n) is 3.38. The van der Waals surface area contributed by atoms with Gasteiger partial charge in [0.15, 0.2) is 0 Å². The maximum atomic E-state index is 12.3. The average molecular weight is 324 g/mol. The van der Waals surface area contributed by atoms with Crippen LogP contribution in [0.25, 0.3) is 0 Å². The Morgan fingerprint density at radius 2 is 1.90 bits per heavy atom. The van der Waals surface area contributed by atoms with Crippen molar-refractivity contribution in [2.24, 2.45) is 0 Å². The largest absolute Gasteiger partial charge is 0.374 e.